The summed E-state index contributed by atoms with van der Waals surface area (Å²) in [6.07, 6.45) is 0. The van der Waals surface area contributed by atoms with Gasteiger partial charge in [-0.05, 0) is 0 Å². The number of hydrogen-bond acceptors (Lipinski definition) is 2. The van der Waals surface area contributed by atoms with Crippen LogP contribution in [0.5, 0.6) is 0 Å². The molecule has 0 radical (unpaired) electrons. The van der Waals surface area contributed by atoms with Gasteiger partial charge in [0.15, 0.2) is 0 Å². The van der Waals surface area contributed by atoms with Crippen LogP contribution in [-0.2, 0) is 0 Å². The maximum atomic E-state index is 10.8. The maximum Gasteiger partial charge on any atom is 0.344 e. The van der Waals surface area contributed by atoms with Gasteiger partial charge >= 0.3 is 6.03 Å². The number of hydrogen-bond donors (Lipinski definition) is 1. The van der Waals surface area contributed by atoms with Gasteiger partial charge in [0.25, 0.3) is 0 Å². The van der Waals surface area contributed by atoms with Gasteiger partial charge in [-0.2, -0.15) is 4.99 Å². The molecule has 56 valence electrons. The van der Waals surface area contributed by atoms with Crippen molar-refractivity contribution in [3.8, 4) is 0 Å². The molecule has 2 N–H and O–H groups in total. The average molecular weight is 141 g/mol. The van der Waals surface area contributed by atoms with E-state index >= 15 is 0 Å². The standard InChI is InChI=1S/C6H11N3O/c1-4-3-9(2)6(10)8-5(4)7/h4H,3H2,1-2H3,(H2,7,8,10). The first kappa shape index (κ1) is 7.05. The van der Waals surface area contributed by atoms with Crippen LogP contribution in [0, 0.1) is 5.92 Å². The molecule has 1 aliphatic heterocycles. The number of rotatable bonds is 0. The molecule has 4 nitrogen and oxygen atoms in total. The van der Waals surface area contributed by atoms with Gasteiger partial charge < -0.3 is 10.6 Å². The molecule has 0 spiro atoms. The molecule has 10 heavy (non-hydrogen) atoms. The van der Waals surface area contributed by atoms with E-state index in [1.54, 1.807) is 11.9 Å². The molecule has 0 aromatic heterocycles. The van der Waals surface area contributed by atoms with Crippen LogP contribution in [0.3, 0.4) is 0 Å². The van der Waals surface area contributed by atoms with Gasteiger partial charge in [0, 0.05) is 19.5 Å². The fourth-order valence-corrected chi connectivity index (χ4v) is 0.888. The topological polar surface area (TPSA) is 58.7 Å². The molecule has 0 fully saturated rings. The van der Waals surface area contributed by atoms with Crippen molar-refractivity contribution in [3.05, 3.63) is 0 Å². The zero-order valence-corrected chi connectivity index (χ0v) is 6.16. The van der Waals surface area contributed by atoms with Crippen molar-refractivity contribution < 1.29 is 4.79 Å². The van der Waals surface area contributed by atoms with Gasteiger partial charge in [-0.3, -0.25) is 0 Å². The first-order chi connectivity index (χ1) is 4.61. The van der Waals surface area contributed by atoms with Gasteiger partial charge in [-0.25, -0.2) is 4.79 Å². The largest absolute Gasteiger partial charge is 0.387 e. The molecule has 1 aliphatic rings. The van der Waals surface area contributed by atoms with E-state index in [2.05, 4.69) is 4.99 Å². The second-order valence-electron chi connectivity index (χ2n) is 2.60. The number of amidine groups is 1. The Bertz CT molecular complexity index is 187. The van der Waals surface area contributed by atoms with Crippen LogP contribution in [-0.4, -0.2) is 30.4 Å². The number of carbonyl (C=O) groups is 1. The molecule has 4 heteroatoms. The first-order valence-corrected chi connectivity index (χ1v) is 3.20. The van der Waals surface area contributed by atoms with Crippen molar-refractivity contribution in [1.82, 2.24) is 4.90 Å². The summed E-state index contributed by atoms with van der Waals surface area (Å²) in [5, 5.41) is 0. The van der Waals surface area contributed by atoms with Gasteiger partial charge in [-0.1, -0.05) is 6.92 Å². The Hall–Kier alpha value is -1.06. The zero-order valence-electron chi connectivity index (χ0n) is 6.16. The van der Waals surface area contributed by atoms with E-state index in [4.69, 9.17) is 5.73 Å². The van der Waals surface area contributed by atoms with E-state index in [0.717, 1.165) is 0 Å². The highest BCUT2D eigenvalue weighted by molar-refractivity contribution is 5.96. The summed E-state index contributed by atoms with van der Waals surface area (Å²) < 4.78 is 0. The van der Waals surface area contributed by atoms with Crippen molar-refractivity contribution in [3.63, 3.8) is 0 Å². The lowest BCUT2D eigenvalue weighted by Crippen LogP contribution is -2.41. The Kier molecular flexibility index (Phi) is 1.61. The molecule has 0 aliphatic carbocycles. The number of urea groups is 1. The van der Waals surface area contributed by atoms with E-state index in [-0.39, 0.29) is 11.9 Å². The van der Waals surface area contributed by atoms with E-state index in [0.29, 0.717) is 12.4 Å². The van der Waals surface area contributed by atoms with Crippen LogP contribution in [0.15, 0.2) is 4.99 Å². The fourth-order valence-electron chi connectivity index (χ4n) is 0.888. The molecular weight excluding hydrogens is 130 g/mol. The molecule has 0 saturated carbocycles. The zero-order chi connectivity index (χ0) is 7.72. The van der Waals surface area contributed by atoms with Crippen LogP contribution in [0.1, 0.15) is 6.92 Å². The van der Waals surface area contributed by atoms with Crippen LogP contribution in [0.4, 0.5) is 4.79 Å². The summed E-state index contributed by atoms with van der Waals surface area (Å²) in [4.78, 5) is 16.0. The quantitative estimate of drug-likeness (QED) is 0.518. The Morgan fingerprint density at radius 1 is 1.80 bits per heavy atom. The molecule has 1 heterocycles. The third kappa shape index (κ3) is 1.10. The molecule has 1 unspecified atom stereocenters. The van der Waals surface area contributed by atoms with Crippen molar-refractivity contribution in [2.75, 3.05) is 13.6 Å². The van der Waals surface area contributed by atoms with Crippen LogP contribution < -0.4 is 5.73 Å². The number of nitrogens with two attached hydrogens (primary N) is 1. The summed E-state index contributed by atoms with van der Waals surface area (Å²) in [6.45, 7) is 2.62. The minimum absolute atomic E-state index is 0.197. The fraction of sp³-hybridized carbons (Fsp3) is 0.667. The Labute approximate surface area is 59.7 Å². The summed E-state index contributed by atoms with van der Waals surface area (Å²) in [7, 11) is 1.72. The normalized spacial score (nSPS) is 26.6. The van der Waals surface area contributed by atoms with Crippen LogP contribution in [0.25, 0.3) is 0 Å². The highest BCUT2D eigenvalue weighted by atomic mass is 16.2. The SMILES string of the molecule is CC1CN(C)C(=O)N=C1N. The molecule has 0 saturated heterocycles. The predicted octanol–water partition coefficient (Wildman–Crippen LogP) is 0.0451. The number of aliphatic imine (C=N–C) groups is 1. The number of nitrogens with zero attached hydrogens (tertiary/aromatic N) is 2. The summed E-state index contributed by atoms with van der Waals surface area (Å²) in [6, 6.07) is -0.240. The van der Waals surface area contributed by atoms with Crippen molar-refractivity contribution >= 4 is 11.9 Å². The first-order valence-electron chi connectivity index (χ1n) is 3.20. The minimum Gasteiger partial charge on any atom is -0.387 e. The maximum absolute atomic E-state index is 10.8. The summed E-state index contributed by atoms with van der Waals surface area (Å²) >= 11 is 0. The highest BCUT2D eigenvalue weighted by Crippen LogP contribution is 2.06. The lowest BCUT2D eigenvalue weighted by atomic mass is 10.1. The minimum atomic E-state index is -0.240. The molecule has 0 aromatic rings. The summed E-state index contributed by atoms with van der Waals surface area (Å²) in [5.74, 6) is 0.644. The molecule has 0 aromatic carbocycles. The lowest BCUT2D eigenvalue weighted by Gasteiger charge is -2.23. The Morgan fingerprint density at radius 2 is 2.40 bits per heavy atom. The molecule has 1 atom stereocenters. The molecule has 1 rings (SSSR count). The third-order valence-electron chi connectivity index (χ3n) is 1.60. The third-order valence-corrected chi connectivity index (χ3v) is 1.60. The van der Waals surface area contributed by atoms with E-state index < -0.39 is 0 Å². The molecule has 0 bridgehead atoms. The Balaban J connectivity index is 2.79. The van der Waals surface area contributed by atoms with Crippen molar-refractivity contribution in [2.24, 2.45) is 16.6 Å². The smallest absolute Gasteiger partial charge is 0.344 e. The van der Waals surface area contributed by atoms with Gasteiger partial charge in [0.2, 0.25) is 0 Å². The van der Waals surface area contributed by atoms with Crippen LogP contribution in [0.2, 0.25) is 0 Å². The van der Waals surface area contributed by atoms with Gasteiger partial charge in [0.1, 0.15) is 5.84 Å². The Morgan fingerprint density at radius 3 is 2.90 bits per heavy atom. The second-order valence-corrected chi connectivity index (χ2v) is 2.60. The second kappa shape index (κ2) is 2.28. The number of amides is 2. The van der Waals surface area contributed by atoms with Gasteiger partial charge in [-0.15, -0.1) is 0 Å². The molecule has 2 amide bonds. The van der Waals surface area contributed by atoms with Crippen LogP contribution >= 0.6 is 0 Å². The predicted molar refractivity (Wildman–Crippen MR) is 38.8 cm³/mol. The van der Waals surface area contributed by atoms with Crippen molar-refractivity contribution in [1.29, 1.82) is 0 Å². The summed E-state index contributed by atoms with van der Waals surface area (Å²) in [5.41, 5.74) is 5.43. The van der Waals surface area contributed by atoms with E-state index in [1.165, 1.54) is 0 Å². The van der Waals surface area contributed by atoms with E-state index in [1.807, 2.05) is 6.92 Å². The highest BCUT2D eigenvalue weighted by Gasteiger charge is 2.20. The molecular formula is C6H11N3O. The lowest BCUT2D eigenvalue weighted by molar-refractivity contribution is 0.212. The van der Waals surface area contributed by atoms with Crippen molar-refractivity contribution in [2.45, 2.75) is 6.92 Å². The van der Waals surface area contributed by atoms with Gasteiger partial charge in [0.05, 0.1) is 0 Å². The number of carbonyl (C=O) groups excluding carboxylic acids is 1. The monoisotopic (exact) mass is 141 g/mol. The average Bonchev–Trinajstić information content (AvgIpc) is 1.84. The van der Waals surface area contributed by atoms with E-state index in [9.17, 15) is 4.79 Å².